The molecule has 0 atom stereocenters. The van der Waals surface area contributed by atoms with Gasteiger partial charge in [0, 0.05) is 0 Å². The summed E-state index contributed by atoms with van der Waals surface area (Å²) in [5, 5.41) is 1.18. The number of rotatable bonds is 0. The van der Waals surface area contributed by atoms with E-state index in [4.69, 9.17) is 0 Å². The first-order valence-corrected chi connectivity index (χ1v) is 2.19. The zero-order chi connectivity index (χ0) is 2.71. The molecular formula is C2H7Cl2Ru. The predicted octanol–water partition coefficient (Wildman–Crippen LogP) is 1.82. The molecule has 0 aromatic rings. The Balaban J connectivity index is -0.0000000200. The predicted molar refractivity (Wildman–Crippen MR) is 25.0 cm³/mol. The zero-order valence-electron chi connectivity index (χ0n) is 2.88. The van der Waals surface area contributed by atoms with Crippen LogP contribution in [0, 0.1) is 0 Å². The van der Waals surface area contributed by atoms with Crippen LogP contribution in [-0.4, -0.2) is 0 Å². The standard InChI is InChI=1S/C2H5.2ClH.Ru/c1-2;;;/h1H2,2H3;2*1H;. The molecule has 0 fully saturated rings. The zero-order valence-corrected chi connectivity index (χ0v) is 6.25. The van der Waals surface area contributed by atoms with Crippen LogP contribution in [0.15, 0.2) is 0 Å². The minimum atomic E-state index is 0. The van der Waals surface area contributed by atoms with E-state index in [1.165, 1.54) is 5.02 Å². The Kier molecular flexibility index (Phi) is 62.0. The summed E-state index contributed by atoms with van der Waals surface area (Å²) in [4.78, 5) is 0. The van der Waals surface area contributed by atoms with Crippen LogP contribution < -0.4 is 0 Å². The van der Waals surface area contributed by atoms with E-state index in [1.54, 1.807) is 0 Å². The maximum absolute atomic E-state index is 2.51. The van der Waals surface area contributed by atoms with Gasteiger partial charge in [-0.2, -0.15) is 0 Å². The molecule has 5 heavy (non-hydrogen) atoms. The SMILES string of the molecule is C[CH2][Ru].Cl.Cl. The molecule has 0 saturated heterocycles. The summed E-state index contributed by atoms with van der Waals surface area (Å²) in [5.74, 6) is 0. The summed E-state index contributed by atoms with van der Waals surface area (Å²) in [5.41, 5.74) is 0. The first-order valence-electron chi connectivity index (χ1n) is 0.957. The van der Waals surface area contributed by atoms with Gasteiger partial charge in [-0.3, -0.25) is 0 Å². The fourth-order valence-corrected chi connectivity index (χ4v) is 0. The van der Waals surface area contributed by atoms with Crippen molar-refractivity contribution in [3.05, 3.63) is 0 Å². The summed E-state index contributed by atoms with van der Waals surface area (Å²) in [6.45, 7) is 2.09. The molecule has 0 aromatic carbocycles. The second kappa shape index (κ2) is 18.9. The molecule has 0 nitrogen and oxygen atoms in total. The van der Waals surface area contributed by atoms with E-state index >= 15 is 0 Å². The molecule has 0 bridgehead atoms. The molecule has 0 amide bonds. The molecule has 0 heterocycles. The van der Waals surface area contributed by atoms with E-state index < -0.39 is 0 Å². The van der Waals surface area contributed by atoms with E-state index in [1.807, 2.05) is 0 Å². The summed E-state index contributed by atoms with van der Waals surface area (Å²) >= 11 is 2.51. The van der Waals surface area contributed by atoms with Crippen LogP contribution in [0.1, 0.15) is 6.92 Å². The van der Waals surface area contributed by atoms with Crippen molar-refractivity contribution in [2.24, 2.45) is 0 Å². The Morgan fingerprint density at radius 2 is 1.40 bits per heavy atom. The molecular weight excluding hydrogens is 196 g/mol. The summed E-state index contributed by atoms with van der Waals surface area (Å²) in [7, 11) is 0. The summed E-state index contributed by atoms with van der Waals surface area (Å²) in [6.07, 6.45) is 0. The normalized spacial score (nSPS) is 3.60. The van der Waals surface area contributed by atoms with Crippen molar-refractivity contribution in [3.8, 4) is 0 Å². The molecule has 0 spiro atoms. The van der Waals surface area contributed by atoms with Crippen molar-refractivity contribution in [1.29, 1.82) is 0 Å². The molecule has 3 heteroatoms. The van der Waals surface area contributed by atoms with Gasteiger partial charge in [0.15, 0.2) is 0 Å². The van der Waals surface area contributed by atoms with E-state index in [-0.39, 0.29) is 24.8 Å². The van der Waals surface area contributed by atoms with Gasteiger partial charge >= 0.3 is 30.2 Å². The van der Waals surface area contributed by atoms with Crippen molar-refractivity contribution in [2.45, 2.75) is 11.9 Å². The fraction of sp³-hybridized carbons (Fsp3) is 1.00. The van der Waals surface area contributed by atoms with Crippen LogP contribution in [0.25, 0.3) is 0 Å². The Morgan fingerprint density at radius 1 is 1.40 bits per heavy atom. The smallest absolute Gasteiger partial charge is 0.147 e. The van der Waals surface area contributed by atoms with Crippen molar-refractivity contribution >= 4 is 24.8 Å². The Morgan fingerprint density at radius 3 is 1.40 bits per heavy atom. The molecule has 0 aromatic heterocycles. The Bertz CT molecular complexity index is 7.61. The van der Waals surface area contributed by atoms with E-state index in [2.05, 4.69) is 25.2 Å². The number of hydrogen-bond acceptors (Lipinski definition) is 0. The molecule has 0 N–H and O–H groups in total. The first-order chi connectivity index (χ1) is 1.41. The van der Waals surface area contributed by atoms with Crippen molar-refractivity contribution < 1.29 is 18.3 Å². The molecule has 0 aliphatic rings. The van der Waals surface area contributed by atoms with Gasteiger partial charge in [0.1, 0.15) is 0 Å². The Hall–Kier alpha value is 1.20. The van der Waals surface area contributed by atoms with Crippen LogP contribution in [0.2, 0.25) is 5.02 Å². The average molecular weight is 203 g/mol. The number of hydrogen-bond donors (Lipinski definition) is 0. The molecule has 0 aliphatic heterocycles. The van der Waals surface area contributed by atoms with E-state index in [0.717, 1.165) is 0 Å². The van der Waals surface area contributed by atoms with Gasteiger partial charge < -0.3 is 0 Å². The molecule has 0 rings (SSSR count). The fourth-order valence-electron chi connectivity index (χ4n) is 0. The van der Waals surface area contributed by atoms with Crippen molar-refractivity contribution in [1.82, 2.24) is 0 Å². The van der Waals surface area contributed by atoms with Gasteiger partial charge in [-0.15, -0.1) is 24.8 Å². The largest absolute Gasteiger partial charge is 0.147 e. The molecule has 0 radical (unpaired) electrons. The summed E-state index contributed by atoms with van der Waals surface area (Å²) < 4.78 is 0. The van der Waals surface area contributed by atoms with Crippen LogP contribution in [0.5, 0.6) is 0 Å². The second-order valence-electron chi connectivity index (χ2n) is 0.250. The monoisotopic (exact) mass is 203 g/mol. The second-order valence-corrected chi connectivity index (χ2v) is 1.48. The Labute approximate surface area is 55.2 Å². The van der Waals surface area contributed by atoms with E-state index in [9.17, 15) is 0 Å². The first kappa shape index (κ1) is 16.4. The summed E-state index contributed by atoms with van der Waals surface area (Å²) in [6, 6.07) is 0. The van der Waals surface area contributed by atoms with E-state index in [0.29, 0.717) is 0 Å². The van der Waals surface area contributed by atoms with Gasteiger partial charge in [-0.25, -0.2) is 0 Å². The van der Waals surface area contributed by atoms with Gasteiger partial charge in [0.05, 0.1) is 0 Å². The molecule has 0 unspecified atom stereocenters. The average Bonchev–Trinajstić information content (AvgIpc) is 0.918. The van der Waals surface area contributed by atoms with Crippen molar-refractivity contribution in [3.63, 3.8) is 0 Å². The minimum Gasteiger partial charge on any atom is -0.147 e. The van der Waals surface area contributed by atoms with Gasteiger partial charge in [0.2, 0.25) is 0 Å². The quantitative estimate of drug-likeness (QED) is 0.526. The van der Waals surface area contributed by atoms with Gasteiger partial charge in [-0.1, -0.05) is 0 Å². The van der Waals surface area contributed by atoms with Gasteiger partial charge in [-0.05, 0) is 0 Å². The third-order valence-corrected chi connectivity index (χ3v) is 0. The number of halogens is 2. The van der Waals surface area contributed by atoms with Crippen LogP contribution >= 0.6 is 24.8 Å². The third-order valence-electron chi connectivity index (χ3n) is 0. The molecule has 0 saturated carbocycles. The van der Waals surface area contributed by atoms with Crippen LogP contribution in [0.4, 0.5) is 0 Å². The van der Waals surface area contributed by atoms with Gasteiger partial charge in [0.25, 0.3) is 0 Å². The van der Waals surface area contributed by atoms with Crippen molar-refractivity contribution in [2.75, 3.05) is 0 Å². The molecule has 0 aliphatic carbocycles. The minimum absolute atomic E-state index is 0. The van der Waals surface area contributed by atoms with Crippen LogP contribution in [-0.2, 0) is 18.3 Å². The maximum atomic E-state index is 2.51. The third kappa shape index (κ3) is 36.9. The topological polar surface area (TPSA) is 0 Å². The maximum Gasteiger partial charge on any atom is -0.147 e. The molecule has 37 valence electrons. The van der Waals surface area contributed by atoms with Crippen LogP contribution in [0.3, 0.4) is 0 Å².